The van der Waals surface area contributed by atoms with Crippen molar-refractivity contribution in [3.63, 3.8) is 0 Å². The summed E-state index contributed by atoms with van der Waals surface area (Å²) in [6.45, 7) is 2.66. The summed E-state index contributed by atoms with van der Waals surface area (Å²) in [4.78, 5) is 0.359. The van der Waals surface area contributed by atoms with Crippen molar-refractivity contribution in [3.05, 3.63) is 41.1 Å². The zero-order valence-corrected chi connectivity index (χ0v) is 12.7. The van der Waals surface area contributed by atoms with Gasteiger partial charge in [-0.25, -0.2) is 8.42 Å². The Morgan fingerprint density at radius 3 is 2.25 bits per heavy atom. The fraction of sp³-hybridized carbons (Fsp3) is 0.286. The van der Waals surface area contributed by atoms with Gasteiger partial charge in [0.25, 0.3) is 0 Å². The van der Waals surface area contributed by atoms with Crippen LogP contribution in [0.4, 0.5) is 0 Å². The molecule has 0 saturated carbocycles. The van der Waals surface area contributed by atoms with Crippen LogP contribution in [-0.2, 0) is 9.84 Å². The zero-order chi connectivity index (χ0) is 14.4. The molecule has 0 aliphatic carbocycles. The van der Waals surface area contributed by atoms with Gasteiger partial charge in [0, 0.05) is 5.38 Å². The Bertz CT molecular complexity index is 616. The molecule has 0 amide bonds. The standard InChI is InChI=1S/C14H16O4S2/c1-2-17-12-3-5-13(6-4-12)18-8-10-20(15,16)14-7-9-19-11-14/h3-7,9,11H,2,8,10H2,1H3. The lowest BCUT2D eigenvalue weighted by Crippen LogP contribution is -2.13. The molecule has 4 nitrogen and oxygen atoms in total. The molecule has 1 heterocycles. The van der Waals surface area contributed by atoms with Crippen molar-refractivity contribution in [1.29, 1.82) is 0 Å². The highest BCUT2D eigenvalue weighted by atomic mass is 32.2. The van der Waals surface area contributed by atoms with Crippen LogP contribution in [0.25, 0.3) is 0 Å². The lowest BCUT2D eigenvalue weighted by atomic mass is 10.3. The first-order valence-corrected chi connectivity index (χ1v) is 8.82. The third kappa shape index (κ3) is 3.98. The van der Waals surface area contributed by atoms with Crippen molar-refractivity contribution in [2.75, 3.05) is 19.0 Å². The van der Waals surface area contributed by atoms with Gasteiger partial charge in [0.05, 0.1) is 17.3 Å². The van der Waals surface area contributed by atoms with E-state index in [9.17, 15) is 8.42 Å². The number of sulfone groups is 1. The van der Waals surface area contributed by atoms with Gasteiger partial charge >= 0.3 is 0 Å². The molecule has 0 unspecified atom stereocenters. The van der Waals surface area contributed by atoms with Crippen LogP contribution >= 0.6 is 11.3 Å². The molecule has 20 heavy (non-hydrogen) atoms. The summed E-state index contributed by atoms with van der Waals surface area (Å²) >= 11 is 1.37. The number of ether oxygens (including phenoxy) is 2. The van der Waals surface area contributed by atoms with Crippen molar-refractivity contribution in [2.45, 2.75) is 11.8 Å². The number of hydrogen-bond donors (Lipinski definition) is 0. The SMILES string of the molecule is CCOc1ccc(OCCS(=O)(=O)c2ccsc2)cc1. The molecular weight excluding hydrogens is 296 g/mol. The summed E-state index contributed by atoms with van der Waals surface area (Å²) in [6, 6.07) is 8.74. The predicted molar refractivity (Wildman–Crippen MR) is 79.5 cm³/mol. The van der Waals surface area contributed by atoms with E-state index < -0.39 is 9.84 Å². The molecule has 2 aromatic rings. The quantitative estimate of drug-likeness (QED) is 0.788. The third-order valence-corrected chi connectivity index (χ3v) is 5.12. The van der Waals surface area contributed by atoms with E-state index in [4.69, 9.17) is 9.47 Å². The molecule has 2 rings (SSSR count). The zero-order valence-electron chi connectivity index (χ0n) is 11.1. The van der Waals surface area contributed by atoms with E-state index in [0.717, 1.165) is 5.75 Å². The molecule has 0 saturated heterocycles. The lowest BCUT2D eigenvalue weighted by Gasteiger charge is -2.07. The topological polar surface area (TPSA) is 52.6 Å². The average Bonchev–Trinajstić information content (AvgIpc) is 2.96. The largest absolute Gasteiger partial charge is 0.494 e. The van der Waals surface area contributed by atoms with Gasteiger partial charge in [-0.3, -0.25) is 0 Å². The first kappa shape index (κ1) is 14.9. The summed E-state index contributed by atoms with van der Waals surface area (Å²) in [5, 5.41) is 3.38. The Kier molecular flexibility index (Phi) is 5.03. The van der Waals surface area contributed by atoms with Crippen LogP contribution in [0.2, 0.25) is 0 Å². The molecule has 6 heteroatoms. The Morgan fingerprint density at radius 2 is 1.70 bits per heavy atom. The van der Waals surface area contributed by atoms with Gasteiger partial charge in [-0.05, 0) is 42.6 Å². The van der Waals surface area contributed by atoms with E-state index in [1.54, 1.807) is 41.1 Å². The van der Waals surface area contributed by atoms with Gasteiger partial charge in [-0.2, -0.15) is 11.3 Å². The van der Waals surface area contributed by atoms with Crippen molar-refractivity contribution < 1.29 is 17.9 Å². The second kappa shape index (κ2) is 6.76. The Labute approximate surface area is 122 Å². The Balaban J connectivity index is 1.87. The van der Waals surface area contributed by atoms with Crippen molar-refractivity contribution >= 4 is 21.2 Å². The molecule has 0 fully saturated rings. The fourth-order valence-electron chi connectivity index (χ4n) is 1.61. The molecular formula is C14H16O4S2. The molecule has 1 aromatic carbocycles. The highest BCUT2D eigenvalue weighted by Gasteiger charge is 2.14. The normalized spacial score (nSPS) is 11.2. The van der Waals surface area contributed by atoms with E-state index in [1.807, 2.05) is 6.92 Å². The third-order valence-electron chi connectivity index (χ3n) is 2.61. The number of rotatable bonds is 7. The summed E-state index contributed by atoms with van der Waals surface area (Å²) in [5.41, 5.74) is 0. The maximum atomic E-state index is 11.9. The summed E-state index contributed by atoms with van der Waals surface area (Å²) in [6.07, 6.45) is 0. The van der Waals surface area contributed by atoms with Gasteiger partial charge in [0.15, 0.2) is 9.84 Å². The maximum Gasteiger partial charge on any atom is 0.182 e. The molecule has 0 radical (unpaired) electrons. The fourth-order valence-corrected chi connectivity index (χ4v) is 3.78. The molecule has 0 bridgehead atoms. The average molecular weight is 312 g/mol. The molecule has 1 aromatic heterocycles. The number of thiophene rings is 1. The second-order valence-electron chi connectivity index (χ2n) is 4.03. The van der Waals surface area contributed by atoms with E-state index in [2.05, 4.69) is 0 Å². The van der Waals surface area contributed by atoms with Gasteiger partial charge in [-0.15, -0.1) is 0 Å². The summed E-state index contributed by atoms with van der Waals surface area (Å²) < 4.78 is 34.6. The molecule has 0 aliphatic rings. The number of benzene rings is 1. The van der Waals surface area contributed by atoms with E-state index in [-0.39, 0.29) is 12.4 Å². The van der Waals surface area contributed by atoms with Gasteiger partial charge in [0.1, 0.15) is 18.1 Å². The van der Waals surface area contributed by atoms with Gasteiger partial charge in [0.2, 0.25) is 0 Å². The Morgan fingerprint density at radius 1 is 1.05 bits per heavy atom. The molecule has 0 N–H and O–H groups in total. The molecule has 0 aliphatic heterocycles. The van der Waals surface area contributed by atoms with Crippen LogP contribution in [0.1, 0.15) is 6.92 Å². The van der Waals surface area contributed by atoms with Crippen LogP contribution in [-0.4, -0.2) is 27.4 Å². The van der Waals surface area contributed by atoms with Crippen LogP contribution in [0, 0.1) is 0 Å². The summed E-state index contributed by atoms with van der Waals surface area (Å²) in [7, 11) is -3.24. The highest BCUT2D eigenvalue weighted by molar-refractivity contribution is 7.91. The maximum absolute atomic E-state index is 11.9. The predicted octanol–water partition coefficient (Wildman–Crippen LogP) is 3.00. The first-order chi connectivity index (χ1) is 9.62. The number of hydrogen-bond acceptors (Lipinski definition) is 5. The highest BCUT2D eigenvalue weighted by Crippen LogP contribution is 2.18. The summed E-state index contributed by atoms with van der Waals surface area (Å²) in [5.74, 6) is 1.37. The van der Waals surface area contributed by atoms with E-state index >= 15 is 0 Å². The van der Waals surface area contributed by atoms with Crippen LogP contribution < -0.4 is 9.47 Å². The van der Waals surface area contributed by atoms with Crippen LogP contribution in [0.15, 0.2) is 46.0 Å². The van der Waals surface area contributed by atoms with Crippen LogP contribution in [0.5, 0.6) is 11.5 Å². The Hall–Kier alpha value is -1.53. The van der Waals surface area contributed by atoms with Crippen molar-refractivity contribution in [3.8, 4) is 11.5 Å². The molecule has 108 valence electrons. The minimum Gasteiger partial charge on any atom is -0.494 e. The van der Waals surface area contributed by atoms with Gasteiger partial charge < -0.3 is 9.47 Å². The monoisotopic (exact) mass is 312 g/mol. The van der Waals surface area contributed by atoms with Gasteiger partial charge in [-0.1, -0.05) is 0 Å². The molecule has 0 atom stereocenters. The van der Waals surface area contributed by atoms with Crippen LogP contribution in [0.3, 0.4) is 0 Å². The second-order valence-corrected chi connectivity index (χ2v) is 6.92. The van der Waals surface area contributed by atoms with Crippen molar-refractivity contribution in [1.82, 2.24) is 0 Å². The minimum absolute atomic E-state index is 0.0308. The lowest BCUT2D eigenvalue weighted by molar-refractivity contribution is 0.331. The van der Waals surface area contributed by atoms with E-state index in [0.29, 0.717) is 17.3 Å². The first-order valence-electron chi connectivity index (χ1n) is 6.22. The molecule has 0 spiro atoms. The van der Waals surface area contributed by atoms with Crippen molar-refractivity contribution in [2.24, 2.45) is 0 Å². The minimum atomic E-state index is -3.24. The smallest absolute Gasteiger partial charge is 0.182 e. The van der Waals surface area contributed by atoms with E-state index in [1.165, 1.54) is 11.3 Å².